The summed E-state index contributed by atoms with van der Waals surface area (Å²) in [5.41, 5.74) is 0. The van der Waals surface area contributed by atoms with Gasteiger partial charge in [-0.2, -0.15) is 0 Å². The lowest BCUT2D eigenvalue weighted by atomic mass is 10.1. The summed E-state index contributed by atoms with van der Waals surface area (Å²) in [6, 6.07) is 6.68. The van der Waals surface area contributed by atoms with Gasteiger partial charge in [-0.3, -0.25) is 9.59 Å². The molecular weight excluding hydrogens is 280 g/mol. The molecule has 0 aromatic heterocycles. The molecule has 1 rings (SSSR count). The van der Waals surface area contributed by atoms with Gasteiger partial charge in [0.1, 0.15) is 11.9 Å². The molecule has 20 heavy (non-hydrogen) atoms. The Hall–Kier alpha value is -1.55. The van der Waals surface area contributed by atoms with Crippen LogP contribution in [0.15, 0.2) is 24.3 Å². The van der Waals surface area contributed by atoms with Crippen LogP contribution < -0.4 is 4.74 Å². The molecule has 1 unspecified atom stereocenters. The standard InChI is InChI=1S/C15H19ClO4/c1-10(2)11(3)19-14(17)8-9-15(18)20-13-7-5-4-6-12(13)16/h4-7,10-11H,8-9H2,1-3H3. The summed E-state index contributed by atoms with van der Waals surface area (Å²) in [6.07, 6.45) is -0.197. The molecule has 1 atom stereocenters. The molecule has 5 heteroatoms. The van der Waals surface area contributed by atoms with E-state index in [4.69, 9.17) is 21.1 Å². The van der Waals surface area contributed by atoms with E-state index < -0.39 is 11.9 Å². The van der Waals surface area contributed by atoms with Crippen molar-refractivity contribution in [3.8, 4) is 5.75 Å². The molecule has 1 aromatic rings. The minimum Gasteiger partial charge on any atom is -0.462 e. The van der Waals surface area contributed by atoms with E-state index in [0.717, 1.165) is 0 Å². The molecule has 0 heterocycles. The molecule has 0 aliphatic rings. The molecule has 0 aliphatic carbocycles. The highest BCUT2D eigenvalue weighted by molar-refractivity contribution is 6.32. The molecule has 110 valence electrons. The predicted octanol–water partition coefficient (Wildman–Crippen LogP) is 3.61. The van der Waals surface area contributed by atoms with Crippen LogP contribution in [0.5, 0.6) is 5.75 Å². The quantitative estimate of drug-likeness (QED) is 0.594. The Morgan fingerprint density at radius 1 is 1.10 bits per heavy atom. The summed E-state index contributed by atoms with van der Waals surface area (Å²) in [4.78, 5) is 23.1. The van der Waals surface area contributed by atoms with Gasteiger partial charge in [-0.05, 0) is 25.0 Å². The molecular formula is C15H19ClO4. The molecule has 1 aromatic carbocycles. The summed E-state index contributed by atoms with van der Waals surface area (Å²) < 4.78 is 10.2. The Morgan fingerprint density at radius 3 is 2.30 bits per heavy atom. The van der Waals surface area contributed by atoms with E-state index in [0.29, 0.717) is 10.8 Å². The summed E-state index contributed by atoms with van der Waals surface area (Å²) in [6.45, 7) is 5.75. The van der Waals surface area contributed by atoms with Gasteiger partial charge < -0.3 is 9.47 Å². The first-order chi connectivity index (χ1) is 9.40. The van der Waals surface area contributed by atoms with Crippen LogP contribution in [0.4, 0.5) is 0 Å². The Bertz CT molecular complexity index is 471. The third kappa shape index (κ3) is 5.61. The number of halogens is 1. The minimum atomic E-state index is -0.507. The highest BCUT2D eigenvalue weighted by Crippen LogP contribution is 2.23. The molecule has 0 saturated heterocycles. The van der Waals surface area contributed by atoms with E-state index in [2.05, 4.69) is 0 Å². The number of ether oxygens (including phenoxy) is 2. The normalized spacial score (nSPS) is 12.1. The number of carbonyl (C=O) groups is 2. The van der Waals surface area contributed by atoms with Crippen molar-refractivity contribution in [2.24, 2.45) is 5.92 Å². The van der Waals surface area contributed by atoms with Crippen molar-refractivity contribution < 1.29 is 19.1 Å². The fraction of sp³-hybridized carbons (Fsp3) is 0.467. The van der Waals surface area contributed by atoms with Crippen molar-refractivity contribution in [1.29, 1.82) is 0 Å². The molecule has 0 aliphatic heterocycles. The van der Waals surface area contributed by atoms with E-state index in [1.54, 1.807) is 24.3 Å². The number of esters is 2. The molecule has 4 nitrogen and oxygen atoms in total. The Balaban J connectivity index is 2.37. The summed E-state index contributed by atoms with van der Waals surface area (Å²) in [5, 5.41) is 0.358. The smallest absolute Gasteiger partial charge is 0.311 e. The number of carbonyl (C=O) groups excluding carboxylic acids is 2. The summed E-state index contributed by atoms with van der Waals surface area (Å²) in [5.74, 6) is -0.369. The molecule has 0 bridgehead atoms. The molecule has 0 fully saturated rings. The van der Waals surface area contributed by atoms with Gasteiger partial charge in [0.05, 0.1) is 17.9 Å². The van der Waals surface area contributed by atoms with Gasteiger partial charge in [-0.1, -0.05) is 37.6 Å². The van der Waals surface area contributed by atoms with E-state index in [-0.39, 0.29) is 24.9 Å². The van der Waals surface area contributed by atoms with Gasteiger partial charge in [-0.25, -0.2) is 0 Å². The average Bonchev–Trinajstić information content (AvgIpc) is 2.39. The van der Waals surface area contributed by atoms with Crippen molar-refractivity contribution in [3.63, 3.8) is 0 Å². The van der Waals surface area contributed by atoms with E-state index in [9.17, 15) is 9.59 Å². The van der Waals surface area contributed by atoms with E-state index in [1.165, 1.54) is 0 Å². The van der Waals surface area contributed by atoms with Crippen LogP contribution in [0.1, 0.15) is 33.6 Å². The topological polar surface area (TPSA) is 52.6 Å². The van der Waals surface area contributed by atoms with Gasteiger partial charge in [0.15, 0.2) is 0 Å². The third-order valence-electron chi connectivity index (χ3n) is 2.85. The summed E-state index contributed by atoms with van der Waals surface area (Å²) in [7, 11) is 0. The Labute approximate surface area is 124 Å². The van der Waals surface area contributed by atoms with Crippen LogP contribution in [-0.2, 0) is 14.3 Å². The maximum Gasteiger partial charge on any atom is 0.311 e. The lowest BCUT2D eigenvalue weighted by Gasteiger charge is -2.16. The van der Waals surface area contributed by atoms with Crippen molar-refractivity contribution in [3.05, 3.63) is 29.3 Å². The fourth-order valence-corrected chi connectivity index (χ4v) is 1.48. The molecule has 0 saturated carbocycles. The van der Waals surface area contributed by atoms with Gasteiger partial charge in [0.25, 0.3) is 0 Å². The van der Waals surface area contributed by atoms with Gasteiger partial charge in [0.2, 0.25) is 0 Å². The molecule has 0 N–H and O–H groups in total. The second-order valence-corrected chi connectivity index (χ2v) is 5.25. The number of hydrogen-bond acceptors (Lipinski definition) is 4. The zero-order valence-electron chi connectivity index (χ0n) is 11.9. The third-order valence-corrected chi connectivity index (χ3v) is 3.16. The van der Waals surface area contributed by atoms with Crippen LogP contribution in [0, 0.1) is 5.92 Å². The SMILES string of the molecule is CC(C)C(C)OC(=O)CCC(=O)Oc1ccccc1Cl. The first-order valence-corrected chi connectivity index (χ1v) is 6.92. The van der Waals surface area contributed by atoms with Crippen LogP contribution in [0.25, 0.3) is 0 Å². The Kier molecular flexibility index (Phi) is 6.52. The maximum absolute atomic E-state index is 11.6. The Morgan fingerprint density at radius 2 is 1.70 bits per heavy atom. The largest absolute Gasteiger partial charge is 0.462 e. The summed E-state index contributed by atoms with van der Waals surface area (Å²) >= 11 is 5.87. The van der Waals surface area contributed by atoms with Gasteiger partial charge >= 0.3 is 11.9 Å². The zero-order chi connectivity index (χ0) is 15.1. The van der Waals surface area contributed by atoms with E-state index in [1.807, 2.05) is 20.8 Å². The second kappa shape index (κ2) is 7.90. The van der Waals surface area contributed by atoms with Crippen LogP contribution >= 0.6 is 11.6 Å². The van der Waals surface area contributed by atoms with Crippen molar-refractivity contribution in [2.45, 2.75) is 39.7 Å². The predicted molar refractivity (Wildman–Crippen MR) is 76.7 cm³/mol. The highest BCUT2D eigenvalue weighted by Gasteiger charge is 2.15. The van der Waals surface area contributed by atoms with Crippen molar-refractivity contribution in [2.75, 3.05) is 0 Å². The van der Waals surface area contributed by atoms with Crippen LogP contribution in [0.2, 0.25) is 5.02 Å². The van der Waals surface area contributed by atoms with Crippen LogP contribution in [-0.4, -0.2) is 18.0 Å². The lowest BCUT2D eigenvalue weighted by molar-refractivity contribution is -0.152. The average molecular weight is 299 g/mol. The second-order valence-electron chi connectivity index (χ2n) is 4.84. The number of para-hydroxylation sites is 1. The first kappa shape index (κ1) is 16.5. The van der Waals surface area contributed by atoms with Crippen LogP contribution in [0.3, 0.4) is 0 Å². The van der Waals surface area contributed by atoms with Gasteiger partial charge in [-0.15, -0.1) is 0 Å². The molecule has 0 amide bonds. The molecule has 0 spiro atoms. The van der Waals surface area contributed by atoms with Crippen molar-refractivity contribution in [1.82, 2.24) is 0 Å². The fourth-order valence-electron chi connectivity index (χ4n) is 1.31. The van der Waals surface area contributed by atoms with Crippen molar-refractivity contribution >= 4 is 23.5 Å². The highest BCUT2D eigenvalue weighted by atomic mass is 35.5. The number of rotatable bonds is 6. The number of benzene rings is 1. The zero-order valence-corrected chi connectivity index (χ0v) is 12.6. The minimum absolute atomic E-state index is 0.000343. The number of hydrogen-bond donors (Lipinski definition) is 0. The monoisotopic (exact) mass is 298 g/mol. The first-order valence-electron chi connectivity index (χ1n) is 6.55. The lowest BCUT2D eigenvalue weighted by Crippen LogP contribution is -2.21. The van der Waals surface area contributed by atoms with E-state index >= 15 is 0 Å². The molecule has 0 radical (unpaired) electrons. The van der Waals surface area contributed by atoms with Gasteiger partial charge in [0, 0.05) is 0 Å². The maximum atomic E-state index is 11.6.